The Balaban J connectivity index is 1.08. The third-order valence-corrected chi connectivity index (χ3v) is 7.76. The van der Waals surface area contributed by atoms with Crippen molar-refractivity contribution in [2.24, 2.45) is 0 Å². The van der Waals surface area contributed by atoms with Gasteiger partial charge in [0.15, 0.2) is 0 Å². The molecule has 0 bridgehead atoms. The number of carbonyl (C=O) groups is 1. The van der Waals surface area contributed by atoms with Crippen LogP contribution in [0.1, 0.15) is 52.1 Å². The number of fused-ring (bicyclic) bond motifs is 2. The molecule has 6 rings (SSSR count). The van der Waals surface area contributed by atoms with Gasteiger partial charge in [-0.3, -0.25) is 4.98 Å². The van der Waals surface area contributed by atoms with E-state index >= 15 is 0 Å². The largest absolute Gasteiger partial charge is 0.488 e. The summed E-state index contributed by atoms with van der Waals surface area (Å²) in [5.41, 5.74) is 3.27. The molecule has 1 saturated heterocycles. The zero-order valence-electron chi connectivity index (χ0n) is 23.6. The van der Waals surface area contributed by atoms with Gasteiger partial charge in [-0.1, -0.05) is 0 Å². The Morgan fingerprint density at radius 1 is 1.00 bits per heavy atom. The van der Waals surface area contributed by atoms with Crippen LogP contribution in [0, 0.1) is 0 Å². The van der Waals surface area contributed by atoms with E-state index in [1.54, 1.807) is 17.3 Å². The van der Waals surface area contributed by atoms with Crippen molar-refractivity contribution in [3.05, 3.63) is 36.5 Å². The maximum absolute atomic E-state index is 12.6. The Bertz CT molecular complexity index is 1340. The average molecular weight is 550 g/mol. The molecular formula is C29H39N7O4. The van der Waals surface area contributed by atoms with Gasteiger partial charge < -0.3 is 33.9 Å². The van der Waals surface area contributed by atoms with Crippen LogP contribution in [0.2, 0.25) is 0 Å². The van der Waals surface area contributed by atoms with Gasteiger partial charge in [0.05, 0.1) is 43.4 Å². The number of nitrogens with one attached hydrogen (secondary N) is 1. The van der Waals surface area contributed by atoms with Gasteiger partial charge >= 0.3 is 6.09 Å². The van der Waals surface area contributed by atoms with Gasteiger partial charge in [0.2, 0.25) is 0 Å². The van der Waals surface area contributed by atoms with E-state index in [4.69, 9.17) is 14.2 Å². The number of carbonyl (C=O) groups excluding carboxylic acids is 1. The van der Waals surface area contributed by atoms with Crippen LogP contribution in [0.25, 0.3) is 11.0 Å². The predicted octanol–water partition coefficient (Wildman–Crippen LogP) is 4.22. The molecule has 0 unspecified atom stereocenters. The SMILES string of the molecule is CC(C)(C)OC(=O)N1CCn2cnc(NC3CCC(Oc4cc(N5CCOCC5)cc5nccnc45)CC3)c2C1. The Morgan fingerprint density at radius 3 is 2.55 bits per heavy atom. The second-order valence-electron chi connectivity index (χ2n) is 11.8. The molecule has 0 spiro atoms. The number of hydrogen-bond donors (Lipinski definition) is 1. The van der Waals surface area contributed by atoms with Crippen molar-refractivity contribution in [3.8, 4) is 5.75 Å². The van der Waals surface area contributed by atoms with Crippen molar-refractivity contribution in [1.82, 2.24) is 24.4 Å². The van der Waals surface area contributed by atoms with Crippen molar-refractivity contribution in [2.75, 3.05) is 43.1 Å². The smallest absolute Gasteiger partial charge is 0.410 e. The van der Waals surface area contributed by atoms with Crippen LogP contribution in [0.3, 0.4) is 0 Å². The van der Waals surface area contributed by atoms with E-state index in [-0.39, 0.29) is 12.2 Å². The lowest BCUT2D eigenvalue weighted by atomic mass is 9.93. The molecule has 40 heavy (non-hydrogen) atoms. The van der Waals surface area contributed by atoms with Gasteiger partial charge in [-0.05, 0) is 52.5 Å². The minimum Gasteiger partial charge on any atom is -0.488 e. The third-order valence-electron chi connectivity index (χ3n) is 7.76. The second kappa shape index (κ2) is 11.1. The van der Waals surface area contributed by atoms with Gasteiger partial charge in [0.1, 0.15) is 22.7 Å². The summed E-state index contributed by atoms with van der Waals surface area (Å²) in [5.74, 6) is 1.66. The summed E-state index contributed by atoms with van der Waals surface area (Å²) < 4.78 is 19.8. The molecule has 11 nitrogen and oxygen atoms in total. The average Bonchev–Trinajstić information content (AvgIpc) is 3.35. The first kappa shape index (κ1) is 26.6. The van der Waals surface area contributed by atoms with E-state index in [2.05, 4.69) is 41.9 Å². The number of rotatable bonds is 5. The molecule has 3 aromatic rings. The van der Waals surface area contributed by atoms with Gasteiger partial charge in [-0.15, -0.1) is 0 Å². The number of hydrogen-bond acceptors (Lipinski definition) is 9. The quantitative estimate of drug-likeness (QED) is 0.501. The number of amides is 1. The van der Waals surface area contributed by atoms with E-state index < -0.39 is 5.60 Å². The molecule has 4 heterocycles. The lowest BCUT2D eigenvalue weighted by Gasteiger charge is -2.33. The number of imidazole rings is 1. The van der Waals surface area contributed by atoms with E-state index in [1.807, 2.05) is 27.1 Å². The highest BCUT2D eigenvalue weighted by Gasteiger charge is 2.30. The number of benzene rings is 1. The molecule has 11 heteroatoms. The van der Waals surface area contributed by atoms with E-state index in [0.717, 1.165) is 86.0 Å². The fraction of sp³-hybridized carbons (Fsp3) is 0.586. The molecule has 1 saturated carbocycles. The van der Waals surface area contributed by atoms with Crippen molar-refractivity contribution in [3.63, 3.8) is 0 Å². The highest BCUT2D eigenvalue weighted by Crippen LogP contribution is 2.34. The van der Waals surface area contributed by atoms with Crippen LogP contribution in [-0.2, 0) is 22.6 Å². The molecule has 1 aliphatic carbocycles. The lowest BCUT2D eigenvalue weighted by molar-refractivity contribution is 0.0199. The van der Waals surface area contributed by atoms with E-state index in [9.17, 15) is 4.79 Å². The topological polar surface area (TPSA) is 107 Å². The summed E-state index contributed by atoms with van der Waals surface area (Å²) in [6.07, 6.45) is 8.96. The molecule has 0 radical (unpaired) electrons. The number of aromatic nitrogens is 4. The molecule has 1 amide bonds. The minimum absolute atomic E-state index is 0.113. The number of morpholine rings is 1. The molecule has 2 aromatic heterocycles. The minimum atomic E-state index is -0.515. The highest BCUT2D eigenvalue weighted by molar-refractivity contribution is 5.85. The molecule has 0 atom stereocenters. The molecule has 1 N–H and O–H groups in total. The van der Waals surface area contributed by atoms with Crippen molar-refractivity contribution in [2.45, 2.75) is 77.3 Å². The molecule has 1 aromatic carbocycles. The number of nitrogens with zero attached hydrogens (tertiary/aromatic N) is 6. The van der Waals surface area contributed by atoms with Crippen LogP contribution in [-0.4, -0.2) is 81.1 Å². The zero-order chi connectivity index (χ0) is 27.7. The monoisotopic (exact) mass is 549 g/mol. The fourth-order valence-electron chi connectivity index (χ4n) is 5.68. The molecular weight excluding hydrogens is 510 g/mol. The molecule has 2 fully saturated rings. The van der Waals surface area contributed by atoms with Crippen LogP contribution in [0.5, 0.6) is 5.75 Å². The van der Waals surface area contributed by atoms with Crippen LogP contribution in [0.15, 0.2) is 30.9 Å². The summed E-state index contributed by atoms with van der Waals surface area (Å²) in [6.45, 7) is 10.7. The van der Waals surface area contributed by atoms with E-state index in [1.165, 1.54) is 0 Å². The number of ether oxygens (including phenoxy) is 3. The van der Waals surface area contributed by atoms with Gasteiger partial charge in [-0.25, -0.2) is 14.8 Å². The van der Waals surface area contributed by atoms with Gasteiger partial charge in [0, 0.05) is 56.4 Å². The van der Waals surface area contributed by atoms with Crippen molar-refractivity contribution in [1.29, 1.82) is 0 Å². The summed E-state index contributed by atoms with van der Waals surface area (Å²) >= 11 is 0. The molecule has 3 aliphatic rings. The van der Waals surface area contributed by atoms with Gasteiger partial charge in [-0.2, -0.15) is 0 Å². The maximum Gasteiger partial charge on any atom is 0.410 e. The van der Waals surface area contributed by atoms with Gasteiger partial charge in [0.25, 0.3) is 0 Å². The predicted molar refractivity (Wildman–Crippen MR) is 152 cm³/mol. The summed E-state index contributed by atoms with van der Waals surface area (Å²) in [6, 6.07) is 4.50. The standard InChI is InChI=1S/C29H39N7O4/c1-29(2,3)40-28(37)35-10-11-36-19-32-27(24(36)18-35)33-20-4-6-22(7-5-20)39-25-17-21(34-12-14-38-15-13-34)16-23-26(25)31-9-8-30-23/h8-9,16-17,19-20,22,33H,4-7,10-15,18H2,1-3H3. The van der Waals surface area contributed by atoms with Crippen LogP contribution >= 0.6 is 0 Å². The third kappa shape index (κ3) is 5.94. The second-order valence-corrected chi connectivity index (χ2v) is 11.8. The molecule has 214 valence electrons. The van der Waals surface area contributed by atoms with Crippen molar-refractivity contribution >= 4 is 28.6 Å². The Hall–Kier alpha value is -3.60. The van der Waals surface area contributed by atoms with Crippen LogP contribution in [0.4, 0.5) is 16.3 Å². The van der Waals surface area contributed by atoms with Crippen LogP contribution < -0.4 is 15.0 Å². The van der Waals surface area contributed by atoms with E-state index in [0.29, 0.717) is 25.7 Å². The highest BCUT2D eigenvalue weighted by atomic mass is 16.6. The maximum atomic E-state index is 12.6. The first-order valence-electron chi connectivity index (χ1n) is 14.3. The molecule has 2 aliphatic heterocycles. The summed E-state index contributed by atoms with van der Waals surface area (Å²) in [4.78, 5) is 30.5. The normalized spacial score (nSPS) is 21.7. The number of anilines is 2. The fourth-order valence-corrected chi connectivity index (χ4v) is 5.68. The first-order chi connectivity index (χ1) is 19.3. The first-order valence-corrected chi connectivity index (χ1v) is 14.3. The Labute approximate surface area is 234 Å². The zero-order valence-corrected chi connectivity index (χ0v) is 23.6. The summed E-state index contributed by atoms with van der Waals surface area (Å²) in [7, 11) is 0. The summed E-state index contributed by atoms with van der Waals surface area (Å²) in [5, 5.41) is 3.66. The Morgan fingerprint density at radius 2 is 1.77 bits per heavy atom. The van der Waals surface area contributed by atoms with Crippen molar-refractivity contribution < 1.29 is 19.0 Å². The Kier molecular flexibility index (Phi) is 7.39. The lowest BCUT2D eigenvalue weighted by Crippen LogP contribution is -2.41.